The molecule has 0 aliphatic carbocycles. The summed E-state index contributed by atoms with van der Waals surface area (Å²) in [4.78, 5) is 12.2. The van der Waals surface area contributed by atoms with Crippen molar-refractivity contribution in [1.82, 2.24) is 10.0 Å². The van der Waals surface area contributed by atoms with Crippen LogP contribution in [0.25, 0.3) is 0 Å². The van der Waals surface area contributed by atoms with Gasteiger partial charge in [0.05, 0.1) is 4.90 Å². The van der Waals surface area contributed by atoms with Gasteiger partial charge in [-0.15, -0.1) is 0 Å². The van der Waals surface area contributed by atoms with Crippen molar-refractivity contribution < 1.29 is 13.2 Å². The number of carbonyl (C=O) groups is 1. The molecule has 0 aromatic heterocycles. The maximum absolute atomic E-state index is 12.1. The van der Waals surface area contributed by atoms with Gasteiger partial charge in [0.1, 0.15) is 0 Å². The molecule has 124 valence electrons. The zero-order valence-corrected chi connectivity index (χ0v) is 14.5. The van der Waals surface area contributed by atoms with Crippen LogP contribution in [-0.2, 0) is 10.0 Å². The highest BCUT2D eigenvalue weighted by Gasteiger charge is 2.17. The molecule has 1 amide bonds. The van der Waals surface area contributed by atoms with E-state index in [-0.39, 0.29) is 16.8 Å². The fraction of sp³-hybridized carbons (Fsp3) is 0.562. The second-order valence-electron chi connectivity index (χ2n) is 6.10. The minimum absolute atomic E-state index is 0.107. The molecule has 1 aromatic rings. The molecule has 22 heavy (non-hydrogen) atoms. The van der Waals surface area contributed by atoms with E-state index in [9.17, 15) is 13.2 Å². The Morgan fingerprint density at radius 3 is 2.45 bits per heavy atom. The maximum Gasteiger partial charge on any atom is 0.251 e. The summed E-state index contributed by atoms with van der Waals surface area (Å²) in [6, 6.07) is 5.89. The van der Waals surface area contributed by atoms with E-state index in [1.165, 1.54) is 12.1 Å². The number of rotatable bonds is 8. The zero-order valence-electron chi connectivity index (χ0n) is 13.7. The van der Waals surface area contributed by atoms with E-state index < -0.39 is 10.0 Å². The molecule has 0 spiro atoms. The van der Waals surface area contributed by atoms with E-state index in [2.05, 4.69) is 23.9 Å². The van der Waals surface area contributed by atoms with Crippen molar-refractivity contribution in [3.63, 3.8) is 0 Å². The number of hydrogen-bond donors (Lipinski definition) is 2. The molecule has 0 aliphatic rings. The summed E-state index contributed by atoms with van der Waals surface area (Å²) in [6.07, 6.45) is 1.96. The third-order valence-corrected chi connectivity index (χ3v) is 4.70. The summed E-state index contributed by atoms with van der Waals surface area (Å²) in [7, 11) is -3.58. The van der Waals surface area contributed by atoms with Gasteiger partial charge in [-0.05, 0) is 50.8 Å². The van der Waals surface area contributed by atoms with Crippen molar-refractivity contribution in [2.24, 2.45) is 5.92 Å². The van der Waals surface area contributed by atoms with Gasteiger partial charge >= 0.3 is 0 Å². The average Bonchev–Trinajstić information content (AvgIpc) is 2.42. The molecule has 0 heterocycles. The quantitative estimate of drug-likeness (QED) is 0.721. The summed E-state index contributed by atoms with van der Waals surface area (Å²) in [5, 5.41) is 2.82. The van der Waals surface area contributed by atoms with Gasteiger partial charge < -0.3 is 5.32 Å². The summed E-state index contributed by atoms with van der Waals surface area (Å²) in [5.74, 6) is 0.359. The van der Waals surface area contributed by atoms with Crippen LogP contribution in [0.3, 0.4) is 0 Å². The van der Waals surface area contributed by atoms with Gasteiger partial charge in [0.15, 0.2) is 0 Å². The molecule has 0 atom stereocenters. The molecule has 0 fully saturated rings. The third-order valence-electron chi connectivity index (χ3n) is 3.04. The number of hydrogen-bond acceptors (Lipinski definition) is 3. The average molecular weight is 326 g/mol. The molecule has 5 nitrogen and oxygen atoms in total. The summed E-state index contributed by atoms with van der Waals surface area (Å²) in [6.45, 7) is 8.37. The Hall–Kier alpha value is -1.40. The normalized spacial score (nSPS) is 11.9. The van der Waals surface area contributed by atoms with Crippen LogP contribution in [0.2, 0.25) is 0 Å². The zero-order chi connectivity index (χ0) is 16.8. The van der Waals surface area contributed by atoms with Crippen molar-refractivity contribution in [3.05, 3.63) is 29.8 Å². The van der Waals surface area contributed by atoms with Gasteiger partial charge in [0.25, 0.3) is 5.91 Å². The topological polar surface area (TPSA) is 75.3 Å². The Kier molecular flexibility index (Phi) is 7.03. The Morgan fingerprint density at radius 2 is 1.86 bits per heavy atom. The second kappa shape index (κ2) is 8.29. The van der Waals surface area contributed by atoms with E-state index in [1.807, 2.05) is 0 Å². The van der Waals surface area contributed by atoms with Crippen LogP contribution >= 0.6 is 0 Å². The van der Waals surface area contributed by atoms with Gasteiger partial charge in [-0.1, -0.05) is 19.9 Å². The van der Waals surface area contributed by atoms with E-state index in [0.29, 0.717) is 18.0 Å². The predicted octanol–water partition coefficient (Wildman–Crippen LogP) is 2.54. The standard InChI is InChI=1S/C16H26N2O3S/c1-12(2)7-6-10-17-16(19)14-8-5-9-15(11-14)22(20,21)18-13(3)4/h5,8-9,11-13,18H,6-7,10H2,1-4H3,(H,17,19). The highest BCUT2D eigenvalue weighted by atomic mass is 32.2. The number of nitrogens with one attached hydrogen (secondary N) is 2. The molecule has 0 saturated heterocycles. The second-order valence-corrected chi connectivity index (χ2v) is 7.81. The van der Waals surface area contributed by atoms with Crippen LogP contribution in [0.15, 0.2) is 29.2 Å². The molecule has 0 bridgehead atoms. The fourth-order valence-electron chi connectivity index (χ4n) is 2.00. The number of sulfonamides is 1. The molecular formula is C16H26N2O3S. The maximum atomic E-state index is 12.1. The van der Waals surface area contributed by atoms with Crippen LogP contribution in [-0.4, -0.2) is 26.9 Å². The molecular weight excluding hydrogens is 300 g/mol. The summed E-state index contributed by atoms with van der Waals surface area (Å²) >= 11 is 0. The predicted molar refractivity (Wildman–Crippen MR) is 88.3 cm³/mol. The van der Waals surface area contributed by atoms with Crippen molar-refractivity contribution in [2.75, 3.05) is 6.54 Å². The Bertz CT molecular complexity index is 595. The van der Waals surface area contributed by atoms with Crippen molar-refractivity contribution in [3.8, 4) is 0 Å². The van der Waals surface area contributed by atoms with E-state index in [0.717, 1.165) is 12.8 Å². The van der Waals surface area contributed by atoms with E-state index in [1.54, 1.807) is 26.0 Å². The minimum Gasteiger partial charge on any atom is -0.352 e. The lowest BCUT2D eigenvalue weighted by atomic mass is 10.1. The SMILES string of the molecule is CC(C)CCCNC(=O)c1cccc(S(=O)(=O)NC(C)C)c1. The van der Waals surface area contributed by atoms with Gasteiger partial charge in [-0.3, -0.25) is 4.79 Å². The lowest BCUT2D eigenvalue weighted by Crippen LogP contribution is -2.30. The van der Waals surface area contributed by atoms with Crippen LogP contribution in [0.4, 0.5) is 0 Å². The van der Waals surface area contributed by atoms with E-state index >= 15 is 0 Å². The largest absolute Gasteiger partial charge is 0.352 e. The lowest BCUT2D eigenvalue weighted by molar-refractivity contribution is 0.0952. The first kappa shape index (κ1) is 18.6. The molecule has 1 aromatic carbocycles. The van der Waals surface area contributed by atoms with Crippen molar-refractivity contribution in [2.45, 2.75) is 51.5 Å². The molecule has 1 rings (SSSR count). The Morgan fingerprint density at radius 1 is 1.18 bits per heavy atom. The van der Waals surface area contributed by atoms with Gasteiger partial charge in [0.2, 0.25) is 10.0 Å². The van der Waals surface area contributed by atoms with Gasteiger partial charge in [0, 0.05) is 18.2 Å². The highest BCUT2D eigenvalue weighted by Crippen LogP contribution is 2.12. The first-order valence-electron chi connectivity index (χ1n) is 7.63. The Balaban J connectivity index is 2.73. The fourth-order valence-corrected chi connectivity index (χ4v) is 3.29. The van der Waals surface area contributed by atoms with Crippen LogP contribution in [0.1, 0.15) is 50.9 Å². The molecule has 0 unspecified atom stereocenters. The smallest absolute Gasteiger partial charge is 0.251 e. The van der Waals surface area contributed by atoms with Crippen LogP contribution < -0.4 is 10.0 Å². The summed E-state index contributed by atoms with van der Waals surface area (Å²) < 4.78 is 26.7. The number of carbonyl (C=O) groups excluding carboxylic acids is 1. The van der Waals surface area contributed by atoms with Crippen molar-refractivity contribution >= 4 is 15.9 Å². The summed E-state index contributed by atoms with van der Waals surface area (Å²) in [5.41, 5.74) is 0.358. The molecule has 6 heteroatoms. The molecule has 0 saturated carbocycles. The molecule has 0 aliphatic heterocycles. The third kappa shape index (κ3) is 6.15. The molecule has 0 radical (unpaired) electrons. The van der Waals surface area contributed by atoms with Gasteiger partial charge in [-0.2, -0.15) is 0 Å². The van der Waals surface area contributed by atoms with Crippen molar-refractivity contribution in [1.29, 1.82) is 0 Å². The van der Waals surface area contributed by atoms with Gasteiger partial charge in [-0.25, -0.2) is 13.1 Å². The first-order chi connectivity index (χ1) is 10.2. The van der Waals surface area contributed by atoms with E-state index in [4.69, 9.17) is 0 Å². The lowest BCUT2D eigenvalue weighted by Gasteiger charge is -2.11. The monoisotopic (exact) mass is 326 g/mol. The molecule has 2 N–H and O–H groups in total. The van der Waals surface area contributed by atoms with Crippen LogP contribution in [0.5, 0.6) is 0 Å². The number of amides is 1. The highest BCUT2D eigenvalue weighted by molar-refractivity contribution is 7.89. The first-order valence-corrected chi connectivity index (χ1v) is 9.11. The number of benzene rings is 1. The van der Waals surface area contributed by atoms with Crippen LogP contribution in [0, 0.1) is 5.92 Å². The Labute approximate surface area is 133 Å². The minimum atomic E-state index is -3.58.